The SMILES string of the molecule is CCCCCCCCCCCCCC(=O)O.O=C(OC[C@H]1O[C@@H](n2ccc(=O)[nH]c2=O)C[C@@H]1O)c1cc(=O)[nH]c(=O)[nH]1. The van der Waals surface area contributed by atoms with Gasteiger partial charge in [0.1, 0.15) is 24.6 Å². The number of aromatic nitrogens is 4. The molecule has 234 valence electrons. The van der Waals surface area contributed by atoms with Gasteiger partial charge in [-0.1, -0.05) is 71.1 Å². The van der Waals surface area contributed by atoms with Crippen LogP contribution in [0.4, 0.5) is 0 Å². The first-order valence-electron chi connectivity index (χ1n) is 14.5. The standard InChI is InChI=1S/C14H14N4O8.C14H28O2/c19-7-4-11(18-2-1-9(20)17-14(18)24)26-8(7)5-25-12(22)6-3-10(21)16-13(23)15-6;1-2-3-4-5-6-7-8-9-10-11-12-13-14(15)16/h1-3,7-8,11,19H,4-5H2,(H,17,20,24)(H2,15,16,21,23);2-13H2,1H3,(H,15,16)/t7-,8+,11+;/m0./s1. The molecule has 3 atom stereocenters. The molecule has 0 spiro atoms. The average molecular weight is 595 g/mol. The van der Waals surface area contributed by atoms with E-state index in [0.717, 1.165) is 29.5 Å². The molecule has 1 saturated heterocycles. The van der Waals surface area contributed by atoms with Crippen molar-refractivity contribution in [3.8, 4) is 0 Å². The lowest BCUT2D eigenvalue weighted by atomic mass is 10.1. The number of aromatic amines is 3. The fraction of sp³-hybridized carbons (Fsp3) is 0.643. The molecule has 0 aliphatic carbocycles. The summed E-state index contributed by atoms with van der Waals surface area (Å²) in [6.45, 7) is 1.88. The number of H-pyrrole nitrogens is 3. The first-order chi connectivity index (χ1) is 20.1. The number of aliphatic carboxylic acids is 1. The van der Waals surface area contributed by atoms with Crippen molar-refractivity contribution in [3.63, 3.8) is 0 Å². The van der Waals surface area contributed by atoms with Crippen LogP contribution in [-0.4, -0.2) is 60.5 Å². The highest BCUT2D eigenvalue weighted by atomic mass is 16.6. The van der Waals surface area contributed by atoms with Gasteiger partial charge in [-0.2, -0.15) is 0 Å². The number of hydrogen-bond donors (Lipinski definition) is 5. The molecule has 0 aromatic carbocycles. The minimum Gasteiger partial charge on any atom is -0.481 e. The minimum atomic E-state index is -1.04. The Kier molecular flexibility index (Phi) is 15.3. The van der Waals surface area contributed by atoms with E-state index in [9.17, 15) is 33.9 Å². The Morgan fingerprint density at radius 2 is 1.55 bits per heavy atom. The molecule has 14 heteroatoms. The summed E-state index contributed by atoms with van der Waals surface area (Å²) >= 11 is 0. The zero-order valence-electron chi connectivity index (χ0n) is 24.0. The number of nitrogens with zero attached hydrogens (tertiary/aromatic N) is 1. The molecule has 0 unspecified atom stereocenters. The van der Waals surface area contributed by atoms with E-state index in [1.54, 1.807) is 0 Å². The van der Waals surface area contributed by atoms with E-state index < -0.39 is 52.9 Å². The highest BCUT2D eigenvalue weighted by Gasteiger charge is 2.36. The third-order valence-electron chi connectivity index (χ3n) is 6.72. The van der Waals surface area contributed by atoms with Crippen LogP contribution in [0.25, 0.3) is 0 Å². The van der Waals surface area contributed by atoms with Gasteiger partial charge in [0.2, 0.25) is 0 Å². The lowest BCUT2D eigenvalue weighted by Crippen LogP contribution is -2.32. The van der Waals surface area contributed by atoms with Crippen molar-refractivity contribution in [2.75, 3.05) is 6.61 Å². The van der Waals surface area contributed by atoms with Crippen LogP contribution in [0.3, 0.4) is 0 Å². The Hall–Kier alpha value is -3.78. The Morgan fingerprint density at radius 1 is 0.929 bits per heavy atom. The molecule has 2 aromatic heterocycles. The van der Waals surface area contributed by atoms with Gasteiger partial charge in [-0.25, -0.2) is 14.4 Å². The number of aliphatic hydroxyl groups is 1. The summed E-state index contributed by atoms with van der Waals surface area (Å²) in [5.41, 5.74) is -3.25. The topological polar surface area (TPSA) is 214 Å². The summed E-state index contributed by atoms with van der Waals surface area (Å²) < 4.78 is 11.5. The number of carbonyl (C=O) groups excluding carboxylic acids is 1. The van der Waals surface area contributed by atoms with Gasteiger partial charge in [0.25, 0.3) is 11.1 Å². The second-order valence-electron chi connectivity index (χ2n) is 10.2. The van der Waals surface area contributed by atoms with Crippen LogP contribution < -0.4 is 22.5 Å². The quantitative estimate of drug-likeness (QED) is 0.141. The smallest absolute Gasteiger partial charge is 0.355 e. The molecule has 5 N–H and O–H groups in total. The predicted molar refractivity (Wildman–Crippen MR) is 153 cm³/mol. The number of ether oxygens (including phenoxy) is 2. The number of carbonyl (C=O) groups is 2. The summed E-state index contributed by atoms with van der Waals surface area (Å²) in [5, 5.41) is 18.5. The Balaban J connectivity index is 0.000000334. The second-order valence-corrected chi connectivity index (χ2v) is 10.2. The second kappa shape index (κ2) is 18.6. The molecule has 3 heterocycles. The predicted octanol–water partition coefficient (Wildman–Crippen LogP) is 2.19. The third-order valence-corrected chi connectivity index (χ3v) is 6.72. The first-order valence-corrected chi connectivity index (χ1v) is 14.5. The molecule has 0 bridgehead atoms. The third kappa shape index (κ3) is 12.8. The van der Waals surface area contributed by atoms with E-state index >= 15 is 0 Å². The van der Waals surface area contributed by atoms with E-state index in [0.29, 0.717) is 6.42 Å². The molecule has 1 aliphatic heterocycles. The fourth-order valence-electron chi connectivity index (χ4n) is 4.44. The fourth-order valence-corrected chi connectivity index (χ4v) is 4.44. The van der Waals surface area contributed by atoms with Crippen molar-refractivity contribution < 1.29 is 29.3 Å². The molecule has 42 heavy (non-hydrogen) atoms. The summed E-state index contributed by atoms with van der Waals surface area (Å²) in [6, 6.07) is 1.99. The van der Waals surface area contributed by atoms with Crippen LogP contribution in [0, 0.1) is 0 Å². The van der Waals surface area contributed by atoms with Gasteiger partial charge in [0.05, 0.1) is 6.10 Å². The summed E-state index contributed by atoms with van der Waals surface area (Å²) in [6.07, 6.45) is 12.8. The highest BCUT2D eigenvalue weighted by Crippen LogP contribution is 2.27. The van der Waals surface area contributed by atoms with Gasteiger partial charge in [-0.15, -0.1) is 0 Å². The molecule has 3 rings (SSSR count). The molecular weight excluding hydrogens is 552 g/mol. The monoisotopic (exact) mass is 594 g/mol. The molecule has 2 aromatic rings. The molecule has 0 radical (unpaired) electrons. The maximum Gasteiger partial charge on any atom is 0.355 e. The van der Waals surface area contributed by atoms with Gasteiger partial charge in [-0.3, -0.25) is 28.9 Å². The zero-order chi connectivity index (χ0) is 30.9. The van der Waals surface area contributed by atoms with E-state index in [1.165, 1.54) is 64.0 Å². The summed E-state index contributed by atoms with van der Waals surface area (Å²) in [5.74, 6) is -1.63. The van der Waals surface area contributed by atoms with Crippen LogP contribution in [-0.2, 0) is 14.3 Å². The molecule has 0 saturated carbocycles. The van der Waals surface area contributed by atoms with E-state index in [-0.39, 0.29) is 18.7 Å². The number of hydrogen-bond acceptors (Lipinski definition) is 9. The number of nitrogens with one attached hydrogen (secondary N) is 3. The van der Waals surface area contributed by atoms with Gasteiger partial charge >= 0.3 is 23.3 Å². The number of aliphatic hydroxyl groups excluding tert-OH is 1. The van der Waals surface area contributed by atoms with E-state index in [2.05, 4.69) is 16.9 Å². The summed E-state index contributed by atoms with van der Waals surface area (Å²) in [4.78, 5) is 73.4. The van der Waals surface area contributed by atoms with Gasteiger partial charge in [-0.05, 0) is 6.42 Å². The van der Waals surface area contributed by atoms with Crippen LogP contribution in [0.5, 0.6) is 0 Å². The van der Waals surface area contributed by atoms with Crippen LogP contribution >= 0.6 is 0 Å². The first kappa shape index (κ1) is 34.4. The van der Waals surface area contributed by atoms with Crippen LogP contribution in [0.1, 0.15) is 107 Å². The number of unbranched alkanes of at least 4 members (excludes halogenated alkanes) is 10. The largest absolute Gasteiger partial charge is 0.481 e. The summed E-state index contributed by atoms with van der Waals surface area (Å²) in [7, 11) is 0. The lowest BCUT2D eigenvalue weighted by molar-refractivity contribution is -0.137. The number of carboxylic acids is 1. The van der Waals surface area contributed by atoms with Gasteiger partial charge in [0, 0.05) is 31.2 Å². The average Bonchev–Trinajstić information content (AvgIpc) is 3.29. The molecule has 14 nitrogen and oxygen atoms in total. The normalized spacial score (nSPS) is 17.8. The van der Waals surface area contributed by atoms with E-state index in [1.807, 2.05) is 4.98 Å². The van der Waals surface area contributed by atoms with E-state index in [4.69, 9.17) is 14.6 Å². The van der Waals surface area contributed by atoms with Crippen molar-refractivity contribution in [2.45, 2.75) is 109 Å². The Morgan fingerprint density at radius 3 is 2.12 bits per heavy atom. The van der Waals surface area contributed by atoms with Crippen molar-refractivity contribution in [3.05, 3.63) is 65.7 Å². The number of carboxylic acid groups (broad SMARTS) is 1. The molecule has 1 aliphatic rings. The highest BCUT2D eigenvalue weighted by molar-refractivity contribution is 5.86. The Labute approximate surface area is 242 Å². The van der Waals surface area contributed by atoms with Crippen molar-refractivity contribution >= 4 is 11.9 Å². The molecule has 1 fully saturated rings. The number of rotatable bonds is 16. The zero-order valence-corrected chi connectivity index (χ0v) is 24.0. The Bertz CT molecular complexity index is 1320. The maximum atomic E-state index is 11.9. The van der Waals surface area contributed by atoms with Crippen LogP contribution in [0.15, 0.2) is 37.5 Å². The van der Waals surface area contributed by atoms with Crippen molar-refractivity contribution in [1.82, 2.24) is 19.5 Å². The molecule has 0 amide bonds. The minimum absolute atomic E-state index is 0.0377. The van der Waals surface area contributed by atoms with Gasteiger partial charge < -0.3 is 24.7 Å². The number of esters is 1. The maximum absolute atomic E-state index is 11.9. The van der Waals surface area contributed by atoms with Crippen molar-refractivity contribution in [2.24, 2.45) is 0 Å². The molecular formula is C28H42N4O10. The van der Waals surface area contributed by atoms with Gasteiger partial charge in [0.15, 0.2) is 0 Å². The van der Waals surface area contributed by atoms with Crippen LogP contribution in [0.2, 0.25) is 0 Å². The lowest BCUT2D eigenvalue weighted by Gasteiger charge is -2.15. The van der Waals surface area contributed by atoms with Crippen molar-refractivity contribution in [1.29, 1.82) is 0 Å².